The Morgan fingerprint density at radius 3 is 1.48 bits per heavy atom. The third-order valence-corrected chi connectivity index (χ3v) is 10.1. The van der Waals surface area contributed by atoms with Gasteiger partial charge in [0.2, 0.25) is 0 Å². The second-order valence-electron chi connectivity index (χ2n) is 18.1. The van der Waals surface area contributed by atoms with Gasteiger partial charge in [0.1, 0.15) is 18.5 Å². The lowest BCUT2D eigenvalue weighted by atomic mass is 9.99. The van der Waals surface area contributed by atoms with E-state index in [9.17, 15) is 14.0 Å². The zero-order valence-corrected chi connectivity index (χ0v) is 37.3. The van der Waals surface area contributed by atoms with Crippen LogP contribution in [0.5, 0.6) is 0 Å². The fourth-order valence-corrected chi connectivity index (χ4v) is 6.83. The molecule has 4 heterocycles. The van der Waals surface area contributed by atoms with Crippen LogP contribution in [0.2, 0.25) is 5.02 Å². The van der Waals surface area contributed by atoms with E-state index < -0.39 is 11.4 Å². The van der Waals surface area contributed by atoms with Gasteiger partial charge in [0, 0.05) is 56.9 Å². The van der Waals surface area contributed by atoms with Gasteiger partial charge in [-0.05, 0) is 114 Å². The van der Waals surface area contributed by atoms with E-state index in [0.717, 1.165) is 33.8 Å². The Morgan fingerprint density at radius 1 is 0.639 bits per heavy atom. The number of halogens is 2. The molecule has 0 radical (unpaired) electrons. The zero-order valence-electron chi connectivity index (χ0n) is 36.6. The lowest BCUT2D eigenvalue weighted by Crippen LogP contribution is -2.40. The molecule has 2 amide bonds. The molecule has 12 heteroatoms. The van der Waals surface area contributed by atoms with E-state index in [1.807, 2.05) is 67.5 Å². The smallest absolute Gasteiger partial charge is 0.251 e. The number of carbonyl (C=O) groups excluding carboxylic acids is 2. The minimum atomic E-state index is -0.548. The van der Waals surface area contributed by atoms with Crippen LogP contribution in [0.4, 0.5) is 4.39 Å². The van der Waals surface area contributed by atoms with Crippen LogP contribution < -0.4 is 10.6 Å². The summed E-state index contributed by atoms with van der Waals surface area (Å²) in [6.45, 7) is 19.9. The summed E-state index contributed by atoms with van der Waals surface area (Å²) < 4.78 is 14.1. The first kappa shape index (κ1) is 44.6. The van der Waals surface area contributed by atoms with Crippen molar-refractivity contribution in [3.8, 4) is 45.0 Å². The van der Waals surface area contributed by atoms with Crippen molar-refractivity contribution >= 4 is 23.4 Å². The van der Waals surface area contributed by atoms with E-state index in [0.29, 0.717) is 39.7 Å². The maximum absolute atomic E-state index is 14.1. The highest BCUT2D eigenvalue weighted by Crippen LogP contribution is 2.40. The van der Waals surface area contributed by atoms with Crippen LogP contribution in [-0.4, -0.2) is 52.8 Å². The molecule has 1 fully saturated rings. The van der Waals surface area contributed by atoms with Crippen molar-refractivity contribution in [2.24, 2.45) is 0 Å². The Bertz CT molecular complexity index is 2540. The fourth-order valence-electron chi connectivity index (χ4n) is 6.71. The van der Waals surface area contributed by atoms with Crippen molar-refractivity contribution in [3.63, 3.8) is 0 Å². The first-order chi connectivity index (χ1) is 28.8. The van der Waals surface area contributed by atoms with E-state index >= 15 is 0 Å². The van der Waals surface area contributed by atoms with Crippen molar-refractivity contribution in [2.45, 2.75) is 111 Å². The van der Waals surface area contributed by atoms with E-state index in [-0.39, 0.29) is 34.2 Å². The summed E-state index contributed by atoms with van der Waals surface area (Å²) in [4.78, 5) is 52.8. The molecule has 2 aromatic carbocycles. The molecule has 0 saturated heterocycles. The molecule has 10 nitrogen and oxygen atoms in total. The topological polar surface area (TPSA) is 136 Å². The number of nitrogens with one attached hydrogen (secondary N) is 2. The summed E-state index contributed by atoms with van der Waals surface area (Å²) in [5.74, 6) is 0.144. The summed E-state index contributed by atoms with van der Waals surface area (Å²) >= 11 is 5.83. The third kappa shape index (κ3) is 11.7. The molecule has 0 unspecified atom stereocenters. The summed E-state index contributed by atoms with van der Waals surface area (Å²) in [5, 5.41) is 6.05. The normalized spacial score (nSPS) is 12.8. The highest BCUT2D eigenvalue weighted by atomic mass is 35.5. The van der Waals surface area contributed by atoms with Crippen molar-refractivity contribution in [3.05, 3.63) is 131 Å². The maximum atomic E-state index is 14.1. The van der Waals surface area contributed by atoms with Crippen LogP contribution in [0.15, 0.2) is 91.8 Å². The van der Waals surface area contributed by atoms with Crippen LogP contribution >= 0.6 is 11.6 Å². The lowest BCUT2D eigenvalue weighted by molar-refractivity contribution is 0.0910. The Kier molecular flexibility index (Phi) is 13.4. The molecule has 1 aliphatic carbocycles. The molecule has 0 atom stereocenters. The van der Waals surface area contributed by atoms with Crippen molar-refractivity contribution in [2.75, 3.05) is 0 Å². The van der Waals surface area contributed by atoms with Gasteiger partial charge in [0.15, 0.2) is 0 Å². The Morgan fingerprint density at radius 2 is 1.07 bits per heavy atom. The molecule has 0 bridgehead atoms. The minimum absolute atomic E-state index is 0.0270. The number of aromatic nitrogens is 6. The number of nitrogens with zero attached hydrogens (tertiary/aromatic N) is 6. The molecule has 0 aliphatic heterocycles. The average Bonchev–Trinajstić information content (AvgIpc) is 4.07. The number of carbonyl (C=O) groups is 2. The Labute approximate surface area is 363 Å². The number of amides is 2. The third-order valence-electron chi connectivity index (χ3n) is 9.75. The fraction of sp³-hybridized carbons (Fsp3) is 0.347. The standard InChI is InChI=1S/C26H30N4O.C23H24ClFN4O/c1-16(2)24-21(14-27-15-28-24)23-13-20(25(31)30-26(3,4)5)12-22(29-23)19-10-8-18(9-11-19)17-6-7-17;1-13(2)21-16(11-26-12-27-21)20-10-15(22(30)29-23(3,4)5)9-19(28-20)14-6-7-17(24)18(25)8-14/h8-17H,6-7H2,1-5H3,(H,30,31);6-13H,1-5H3,(H,29,30). The first-order valence-electron chi connectivity index (χ1n) is 20.6. The Balaban J connectivity index is 0.000000204. The summed E-state index contributed by atoms with van der Waals surface area (Å²) in [5.41, 5.74) is 8.99. The monoisotopic (exact) mass is 840 g/mol. The van der Waals surface area contributed by atoms with E-state index in [4.69, 9.17) is 21.6 Å². The molecule has 2 N–H and O–H groups in total. The Hall–Kier alpha value is -5.94. The van der Waals surface area contributed by atoms with Gasteiger partial charge in [0.25, 0.3) is 11.8 Å². The minimum Gasteiger partial charge on any atom is -0.347 e. The van der Waals surface area contributed by atoms with Crippen LogP contribution in [0, 0.1) is 5.82 Å². The van der Waals surface area contributed by atoms with Gasteiger partial charge < -0.3 is 10.6 Å². The largest absolute Gasteiger partial charge is 0.347 e. The molecular weight excluding hydrogens is 787 g/mol. The number of hydrogen-bond donors (Lipinski definition) is 2. The molecule has 4 aromatic heterocycles. The molecule has 1 aliphatic rings. The predicted molar refractivity (Wildman–Crippen MR) is 241 cm³/mol. The van der Waals surface area contributed by atoms with Crippen molar-refractivity contribution in [1.82, 2.24) is 40.5 Å². The van der Waals surface area contributed by atoms with Gasteiger partial charge in [-0.15, -0.1) is 0 Å². The second kappa shape index (κ2) is 18.4. The molecule has 7 rings (SSSR count). The van der Waals surface area contributed by atoms with Gasteiger partial charge in [-0.2, -0.15) is 0 Å². The van der Waals surface area contributed by atoms with Crippen molar-refractivity contribution < 1.29 is 14.0 Å². The molecule has 6 aromatic rings. The highest BCUT2D eigenvalue weighted by Gasteiger charge is 2.24. The number of pyridine rings is 2. The van der Waals surface area contributed by atoms with Crippen LogP contribution in [-0.2, 0) is 0 Å². The van der Waals surface area contributed by atoms with Crippen LogP contribution in [0.3, 0.4) is 0 Å². The van der Waals surface area contributed by atoms with Gasteiger partial charge >= 0.3 is 0 Å². The number of benzene rings is 2. The number of hydrogen-bond acceptors (Lipinski definition) is 8. The second-order valence-corrected chi connectivity index (χ2v) is 18.5. The SMILES string of the molecule is CC(C)c1ncncc1-c1cc(C(=O)NC(C)(C)C)cc(-c2ccc(C3CC3)cc2)n1.CC(C)c1ncncc1-c1cc(C(=O)NC(C)(C)C)cc(-c2ccc(Cl)c(F)c2)n1. The maximum Gasteiger partial charge on any atom is 0.251 e. The highest BCUT2D eigenvalue weighted by molar-refractivity contribution is 6.30. The molecule has 316 valence electrons. The van der Waals surface area contributed by atoms with Gasteiger partial charge in [-0.1, -0.05) is 69.6 Å². The van der Waals surface area contributed by atoms with Crippen molar-refractivity contribution in [1.29, 1.82) is 0 Å². The number of rotatable bonds is 9. The average molecular weight is 841 g/mol. The van der Waals surface area contributed by atoms with Crippen LogP contribution in [0.25, 0.3) is 45.0 Å². The lowest BCUT2D eigenvalue weighted by Gasteiger charge is -2.21. The molecule has 1 saturated carbocycles. The molecule has 0 spiro atoms. The van der Waals surface area contributed by atoms with Gasteiger partial charge in [-0.25, -0.2) is 34.3 Å². The summed E-state index contributed by atoms with van der Waals surface area (Å²) in [6, 6.07) is 20.1. The van der Waals surface area contributed by atoms with E-state index in [1.165, 1.54) is 36.9 Å². The molecular formula is C49H54ClFN8O2. The quantitative estimate of drug-likeness (QED) is 0.147. The van der Waals surface area contributed by atoms with E-state index in [1.54, 1.807) is 36.9 Å². The van der Waals surface area contributed by atoms with E-state index in [2.05, 4.69) is 68.7 Å². The van der Waals surface area contributed by atoms with Gasteiger partial charge in [0.05, 0.1) is 39.2 Å². The first-order valence-corrected chi connectivity index (χ1v) is 21.0. The van der Waals surface area contributed by atoms with Crippen LogP contribution in [0.1, 0.15) is 138 Å². The summed E-state index contributed by atoms with van der Waals surface area (Å²) in [6.07, 6.45) is 9.07. The zero-order chi connectivity index (χ0) is 44.2. The summed E-state index contributed by atoms with van der Waals surface area (Å²) in [7, 11) is 0. The van der Waals surface area contributed by atoms with Gasteiger partial charge in [-0.3, -0.25) is 9.59 Å². The predicted octanol–water partition coefficient (Wildman–Crippen LogP) is 11.4. The molecule has 61 heavy (non-hydrogen) atoms.